The zero-order valence-electron chi connectivity index (χ0n) is 12.0. The third-order valence-electron chi connectivity index (χ3n) is 3.50. The van der Waals surface area contributed by atoms with E-state index in [2.05, 4.69) is 0 Å². The van der Waals surface area contributed by atoms with Crippen LogP contribution in [0, 0.1) is 10.1 Å². The van der Waals surface area contributed by atoms with Gasteiger partial charge in [0.05, 0.1) is 10.5 Å². The summed E-state index contributed by atoms with van der Waals surface area (Å²) in [7, 11) is 0. The number of hydrogen-bond acceptors (Lipinski definition) is 5. The summed E-state index contributed by atoms with van der Waals surface area (Å²) in [5.41, 5.74) is -0.319. The smallest absolute Gasteiger partial charge is 0.273 e. The van der Waals surface area contributed by atoms with Crippen molar-refractivity contribution in [3.8, 4) is 0 Å². The van der Waals surface area contributed by atoms with E-state index in [4.69, 9.17) is 0 Å². The monoisotopic (exact) mass is 328 g/mol. The van der Waals surface area contributed by atoms with Crippen molar-refractivity contribution in [2.45, 2.75) is 4.90 Å². The first-order valence-electron chi connectivity index (χ1n) is 6.91. The molecule has 0 saturated carbocycles. The Labute approximate surface area is 136 Å². The number of fused-ring (bicyclic) bond motifs is 1. The van der Waals surface area contributed by atoms with Gasteiger partial charge in [0.15, 0.2) is 0 Å². The van der Waals surface area contributed by atoms with Crippen LogP contribution in [0.25, 0.3) is 0 Å². The molecule has 1 aliphatic heterocycles. The molecule has 0 unspecified atom stereocenters. The first-order valence-corrected chi connectivity index (χ1v) is 7.89. The molecule has 0 aromatic heterocycles. The summed E-state index contributed by atoms with van der Waals surface area (Å²) in [6.07, 6.45) is 0. The molecule has 0 aliphatic carbocycles. The number of carbonyl (C=O) groups is 2. The highest BCUT2D eigenvalue weighted by Crippen LogP contribution is 2.31. The number of benzene rings is 2. The Kier molecular flexibility index (Phi) is 4.12. The van der Waals surface area contributed by atoms with Crippen LogP contribution in [0.5, 0.6) is 0 Å². The number of imide groups is 1. The highest BCUT2D eigenvalue weighted by molar-refractivity contribution is 7.99. The summed E-state index contributed by atoms with van der Waals surface area (Å²) >= 11 is 1.52. The highest BCUT2D eigenvalue weighted by atomic mass is 32.2. The van der Waals surface area contributed by atoms with Crippen molar-refractivity contribution < 1.29 is 14.5 Å². The Morgan fingerprint density at radius 1 is 1.00 bits per heavy atom. The second kappa shape index (κ2) is 6.21. The molecule has 0 N–H and O–H groups in total. The van der Waals surface area contributed by atoms with Crippen molar-refractivity contribution in [2.24, 2.45) is 0 Å². The second-order valence-electron chi connectivity index (χ2n) is 4.88. The van der Waals surface area contributed by atoms with Crippen LogP contribution in [-0.2, 0) is 0 Å². The van der Waals surface area contributed by atoms with E-state index in [1.54, 1.807) is 0 Å². The maximum atomic E-state index is 12.4. The zero-order chi connectivity index (χ0) is 16.4. The first-order chi connectivity index (χ1) is 11.1. The van der Waals surface area contributed by atoms with Gasteiger partial charge < -0.3 is 0 Å². The van der Waals surface area contributed by atoms with Crippen LogP contribution in [0.2, 0.25) is 0 Å². The summed E-state index contributed by atoms with van der Waals surface area (Å²) < 4.78 is 0. The molecule has 2 amide bonds. The fraction of sp³-hybridized carbons (Fsp3) is 0.125. The van der Waals surface area contributed by atoms with Crippen LogP contribution >= 0.6 is 11.8 Å². The molecule has 3 rings (SSSR count). The van der Waals surface area contributed by atoms with Crippen molar-refractivity contribution in [1.29, 1.82) is 0 Å². The number of nitro benzene ring substituents is 1. The Morgan fingerprint density at radius 2 is 1.74 bits per heavy atom. The van der Waals surface area contributed by atoms with E-state index >= 15 is 0 Å². The molecule has 0 atom stereocenters. The Morgan fingerprint density at radius 3 is 2.43 bits per heavy atom. The van der Waals surface area contributed by atoms with Gasteiger partial charge in [-0.1, -0.05) is 24.3 Å². The zero-order valence-corrected chi connectivity index (χ0v) is 12.8. The lowest BCUT2D eigenvalue weighted by molar-refractivity contribution is -0.385. The van der Waals surface area contributed by atoms with Crippen LogP contribution in [0.4, 0.5) is 5.69 Å². The van der Waals surface area contributed by atoms with E-state index in [1.165, 1.54) is 30.0 Å². The van der Waals surface area contributed by atoms with Crippen molar-refractivity contribution in [3.63, 3.8) is 0 Å². The van der Waals surface area contributed by atoms with Crippen LogP contribution in [-0.4, -0.2) is 33.9 Å². The number of rotatable bonds is 5. The lowest BCUT2D eigenvalue weighted by Crippen LogP contribution is -2.31. The molecule has 2 aromatic carbocycles. The number of nitrogens with zero attached hydrogens (tertiary/aromatic N) is 2. The number of amides is 2. The standard InChI is InChI=1S/C16H12N2O4S/c19-15-12-7-4-8-13(18(21)22)14(12)16(20)17(15)9-10-23-11-5-2-1-3-6-11/h1-8H,9-10H2. The summed E-state index contributed by atoms with van der Waals surface area (Å²) in [4.78, 5) is 37.2. The predicted molar refractivity (Wildman–Crippen MR) is 85.6 cm³/mol. The number of carbonyl (C=O) groups excluding carboxylic acids is 2. The van der Waals surface area contributed by atoms with Gasteiger partial charge in [-0.15, -0.1) is 11.8 Å². The topological polar surface area (TPSA) is 80.5 Å². The minimum atomic E-state index is -0.633. The Hall–Kier alpha value is -2.67. The third-order valence-corrected chi connectivity index (χ3v) is 4.49. The molecule has 1 aliphatic rings. The molecule has 23 heavy (non-hydrogen) atoms. The van der Waals surface area contributed by atoms with Gasteiger partial charge in [0, 0.05) is 23.3 Å². The maximum absolute atomic E-state index is 12.4. The quantitative estimate of drug-likeness (QED) is 0.365. The van der Waals surface area contributed by atoms with Gasteiger partial charge in [-0.3, -0.25) is 24.6 Å². The van der Waals surface area contributed by atoms with E-state index < -0.39 is 16.7 Å². The number of hydrogen-bond donors (Lipinski definition) is 0. The van der Waals surface area contributed by atoms with Gasteiger partial charge in [-0.2, -0.15) is 0 Å². The average Bonchev–Trinajstić information content (AvgIpc) is 2.81. The van der Waals surface area contributed by atoms with E-state index in [0.717, 1.165) is 9.80 Å². The molecule has 0 spiro atoms. The number of thioether (sulfide) groups is 1. The highest BCUT2D eigenvalue weighted by Gasteiger charge is 2.40. The summed E-state index contributed by atoms with van der Waals surface area (Å²) in [5, 5.41) is 11.0. The molecular formula is C16H12N2O4S. The minimum absolute atomic E-state index is 0.104. The van der Waals surface area contributed by atoms with Crippen molar-refractivity contribution in [1.82, 2.24) is 4.90 Å². The van der Waals surface area contributed by atoms with Gasteiger partial charge in [-0.25, -0.2) is 0 Å². The van der Waals surface area contributed by atoms with E-state index in [1.807, 2.05) is 30.3 Å². The molecule has 0 fully saturated rings. The SMILES string of the molecule is O=C1c2cccc([N+](=O)[O-])c2C(=O)N1CCSc1ccccc1. The van der Waals surface area contributed by atoms with Gasteiger partial charge in [0.25, 0.3) is 17.5 Å². The van der Waals surface area contributed by atoms with E-state index in [9.17, 15) is 19.7 Å². The summed E-state index contributed by atoms with van der Waals surface area (Å²) in [6, 6.07) is 13.7. The van der Waals surface area contributed by atoms with Crippen LogP contribution < -0.4 is 0 Å². The lowest BCUT2D eigenvalue weighted by atomic mass is 10.1. The van der Waals surface area contributed by atoms with Gasteiger partial charge in [0.2, 0.25) is 0 Å². The summed E-state index contributed by atoms with van der Waals surface area (Å²) in [5.74, 6) is -0.531. The largest absolute Gasteiger partial charge is 0.282 e. The normalized spacial score (nSPS) is 13.3. The fourth-order valence-corrected chi connectivity index (χ4v) is 3.30. The lowest BCUT2D eigenvalue weighted by Gasteiger charge is -2.13. The number of nitro groups is 1. The third kappa shape index (κ3) is 2.83. The van der Waals surface area contributed by atoms with Crippen LogP contribution in [0.3, 0.4) is 0 Å². The predicted octanol–water partition coefficient (Wildman–Crippen LogP) is 2.98. The molecule has 6 nitrogen and oxygen atoms in total. The molecule has 0 saturated heterocycles. The van der Waals surface area contributed by atoms with Crippen molar-refractivity contribution in [3.05, 3.63) is 69.8 Å². The van der Waals surface area contributed by atoms with Gasteiger partial charge in [-0.05, 0) is 18.2 Å². The van der Waals surface area contributed by atoms with Crippen LogP contribution in [0.15, 0.2) is 53.4 Å². The molecule has 116 valence electrons. The van der Waals surface area contributed by atoms with Crippen molar-refractivity contribution in [2.75, 3.05) is 12.3 Å². The van der Waals surface area contributed by atoms with E-state index in [0.29, 0.717) is 5.75 Å². The minimum Gasteiger partial charge on any atom is -0.273 e. The fourth-order valence-electron chi connectivity index (χ4n) is 2.44. The molecule has 0 bridgehead atoms. The molecule has 2 aromatic rings. The van der Waals surface area contributed by atoms with Gasteiger partial charge >= 0.3 is 0 Å². The Bertz CT molecular complexity index is 792. The molecule has 7 heteroatoms. The maximum Gasteiger partial charge on any atom is 0.282 e. The van der Waals surface area contributed by atoms with Gasteiger partial charge in [0.1, 0.15) is 5.56 Å². The second-order valence-corrected chi connectivity index (χ2v) is 6.05. The summed E-state index contributed by atoms with van der Waals surface area (Å²) in [6.45, 7) is 0.211. The van der Waals surface area contributed by atoms with Crippen LogP contribution in [0.1, 0.15) is 20.7 Å². The first kappa shape index (κ1) is 15.2. The van der Waals surface area contributed by atoms with E-state index in [-0.39, 0.29) is 23.4 Å². The molecular weight excluding hydrogens is 316 g/mol. The average molecular weight is 328 g/mol. The molecule has 0 radical (unpaired) electrons. The molecule has 1 heterocycles. The Balaban J connectivity index is 1.76. The van der Waals surface area contributed by atoms with Crippen molar-refractivity contribution >= 4 is 29.3 Å².